The number of hydrogen-bond donors (Lipinski definition) is 0. The summed E-state index contributed by atoms with van der Waals surface area (Å²) < 4.78 is 17.3. The van der Waals surface area contributed by atoms with Gasteiger partial charge < -0.3 is 14.0 Å². The van der Waals surface area contributed by atoms with Gasteiger partial charge in [-0.1, -0.05) is 12.2 Å². The standard InChI is InChI=1S/C13H23BO3/c1-8-9-11(10(2)15-7)14-16-12(3,4)13(5,6)17-14/h8-9H,1-7H3. The van der Waals surface area contributed by atoms with Crippen LogP contribution in [0, 0.1) is 0 Å². The van der Waals surface area contributed by atoms with Gasteiger partial charge in [0.2, 0.25) is 0 Å². The fraction of sp³-hybridized carbons (Fsp3) is 0.692. The van der Waals surface area contributed by atoms with E-state index < -0.39 is 0 Å². The van der Waals surface area contributed by atoms with Crippen LogP contribution in [0.3, 0.4) is 0 Å². The molecule has 0 aliphatic carbocycles. The van der Waals surface area contributed by atoms with Crippen LogP contribution in [0.5, 0.6) is 0 Å². The number of rotatable bonds is 3. The average Bonchev–Trinajstić information content (AvgIpc) is 2.43. The van der Waals surface area contributed by atoms with Crippen LogP contribution >= 0.6 is 0 Å². The molecule has 0 bridgehead atoms. The summed E-state index contributed by atoms with van der Waals surface area (Å²) >= 11 is 0. The zero-order valence-electron chi connectivity index (χ0n) is 12.0. The zero-order chi connectivity index (χ0) is 13.3. The van der Waals surface area contributed by atoms with Gasteiger partial charge in [0.1, 0.15) is 0 Å². The van der Waals surface area contributed by atoms with Crippen molar-refractivity contribution in [2.75, 3.05) is 7.11 Å². The SMILES string of the molecule is CC=CC(B1OC(C)(C)C(C)(C)O1)=C(C)OC. The van der Waals surface area contributed by atoms with Crippen LogP contribution in [0.25, 0.3) is 0 Å². The van der Waals surface area contributed by atoms with E-state index in [-0.39, 0.29) is 18.3 Å². The first-order valence-electron chi connectivity index (χ1n) is 5.98. The van der Waals surface area contributed by atoms with Crippen LogP contribution in [-0.4, -0.2) is 25.4 Å². The van der Waals surface area contributed by atoms with E-state index in [1.807, 2.05) is 53.7 Å². The minimum Gasteiger partial charge on any atom is -0.502 e. The molecule has 96 valence electrons. The molecule has 0 aromatic carbocycles. The highest BCUT2D eigenvalue weighted by Gasteiger charge is 2.52. The molecule has 0 radical (unpaired) electrons. The summed E-state index contributed by atoms with van der Waals surface area (Å²) in [4.78, 5) is 0. The molecule has 1 fully saturated rings. The molecular formula is C13H23BO3. The fourth-order valence-electron chi connectivity index (χ4n) is 1.63. The molecule has 3 nitrogen and oxygen atoms in total. The molecule has 0 N–H and O–H groups in total. The van der Waals surface area contributed by atoms with Gasteiger partial charge in [-0.15, -0.1) is 0 Å². The summed E-state index contributed by atoms with van der Waals surface area (Å²) in [5, 5.41) is 0. The summed E-state index contributed by atoms with van der Waals surface area (Å²) in [5.74, 6) is 0.821. The Morgan fingerprint density at radius 3 is 1.94 bits per heavy atom. The lowest BCUT2D eigenvalue weighted by Crippen LogP contribution is -2.41. The quantitative estimate of drug-likeness (QED) is 0.429. The second kappa shape index (κ2) is 4.87. The molecular weight excluding hydrogens is 215 g/mol. The molecule has 0 atom stereocenters. The average molecular weight is 238 g/mol. The third-order valence-electron chi connectivity index (χ3n) is 3.57. The fourth-order valence-corrected chi connectivity index (χ4v) is 1.63. The van der Waals surface area contributed by atoms with Crippen molar-refractivity contribution in [3.8, 4) is 0 Å². The van der Waals surface area contributed by atoms with Gasteiger partial charge in [0.15, 0.2) is 0 Å². The van der Waals surface area contributed by atoms with Crippen molar-refractivity contribution in [3.63, 3.8) is 0 Å². The Kier molecular flexibility index (Phi) is 4.10. The van der Waals surface area contributed by atoms with Gasteiger partial charge in [-0.3, -0.25) is 0 Å². The van der Waals surface area contributed by atoms with Crippen LogP contribution in [0.15, 0.2) is 23.4 Å². The highest BCUT2D eigenvalue weighted by Crippen LogP contribution is 2.39. The first-order chi connectivity index (χ1) is 7.75. The molecule has 1 saturated heterocycles. The third kappa shape index (κ3) is 2.75. The highest BCUT2D eigenvalue weighted by atomic mass is 16.7. The summed E-state index contributed by atoms with van der Waals surface area (Å²) in [6, 6.07) is 0. The Hall–Kier alpha value is -0.735. The van der Waals surface area contributed by atoms with E-state index >= 15 is 0 Å². The van der Waals surface area contributed by atoms with E-state index in [0.717, 1.165) is 11.2 Å². The minimum atomic E-state index is -0.365. The predicted octanol–water partition coefficient (Wildman–Crippen LogP) is 3.11. The van der Waals surface area contributed by atoms with E-state index in [2.05, 4.69) is 0 Å². The molecule has 0 aromatic rings. The molecule has 0 amide bonds. The first-order valence-corrected chi connectivity index (χ1v) is 5.98. The monoisotopic (exact) mass is 238 g/mol. The van der Waals surface area contributed by atoms with Gasteiger partial charge in [0.25, 0.3) is 0 Å². The largest absolute Gasteiger partial charge is 0.502 e. The van der Waals surface area contributed by atoms with Crippen molar-refractivity contribution in [1.29, 1.82) is 0 Å². The van der Waals surface area contributed by atoms with Crippen molar-refractivity contribution in [2.24, 2.45) is 0 Å². The molecule has 1 rings (SSSR count). The van der Waals surface area contributed by atoms with Crippen LogP contribution in [0.2, 0.25) is 0 Å². The maximum atomic E-state index is 5.99. The van der Waals surface area contributed by atoms with Crippen LogP contribution in [0.1, 0.15) is 41.5 Å². The van der Waals surface area contributed by atoms with Crippen molar-refractivity contribution in [3.05, 3.63) is 23.4 Å². The second-order valence-electron chi connectivity index (χ2n) is 5.30. The molecule has 0 saturated carbocycles. The van der Waals surface area contributed by atoms with Gasteiger partial charge in [-0.25, -0.2) is 0 Å². The highest BCUT2D eigenvalue weighted by molar-refractivity contribution is 6.55. The molecule has 1 aliphatic heterocycles. The summed E-state index contributed by atoms with van der Waals surface area (Å²) in [6.07, 6.45) is 3.93. The topological polar surface area (TPSA) is 27.7 Å². The Morgan fingerprint density at radius 1 is 1.12 bits per heavy atom. The van der Waals surface area contributed by atoms with Gasteiger partial charge in [-0.2, -0.15) is 0 Å². The lowest BCUT2D eigenvalue weighted by atomic mass is 9.77. The maximum absolute atomic E-state index is 5.99. The lowest BCUT2D eigenvalue weighted by Gasteiger charge is -2.32. The third-order valence-corrected chi connectivity index (χ3v) is 3.57. The second-order valence-corrected chi connectivity index (χ2v) is 5.30. The van der Waals surface area contributed by atoms with Crippen LogP contribution in [-0.2, 0) is 14.0 Å². The molecule has 0 spiro atoms. The predicted molar refractivity (Wildman–Crippen MR) is 70.6 cm³/mol. The Balaban J connectivity index is 3.03. The summed E-state index contributed by atoms with van der Waals surface area (Å²) in [5.41, 5.74) is 0.297. The van der Waals surface area contributed by atoms with Crippen LogP contribution < -0.4 is 0 Å². The number of allylic oxidation sites excluding steroid dienone is 4. The molecule has 1 heterocycles. The van der Waals surface area contributed by atoms with Gasteiger partial charge >= 0.3 is 7.12 Å². The number of ether oxygens (including phenoxy) is 1. The van der Waals surface area contributed by atoms with Crippen molar-refractivity contribution >= 4 is 7.12 Å². The van der Waals surface area contributed by atoms with Crippen LogP contribution in [0.4, 0.5) is 0 Å². The first kappa shape index (κ1) is 14.3. The van der Waals surface area contributed by atoms with E-state index in [9.17, 15) is 0 Å². The minimum absolute atomic E-state index is 0.321. The summed E-state index contributed by atoms with van der Waals surface area (Å²) in [6.45, 7) is 12.1. The van der Waals surface area contributed by atoms with Crippen molar-refractivity contribution in [2.45, 2.75) is 52.7 Å². The number of hydrogen-bond acceptors (Lipinski definition) is 3. The zero-order valence-corrected chi connectivity index (χ0v) is 12.0. The molecule has 17 heavy (non-hydrogen) atoms. The lowest BCUT2D eigenvalue weighted by molar-refractivity contribution is 0.00578. The molecule has 0 aromatic heterocycles. The molecule has 4 heteroatoms. The Labute approximate surface area is 105 Å². The van der Waals surface area contributed by atoms with E-state index in [1.54, 1.807) is 7.11 Å². The van der Waals surface area contributed by atoms with Gasteiger partial charge in [0, 0.05) is 5.47 Å². The molecule has 1 aliphatic rings. The van der Waals surface area contributed by atoms with Gasteiger partial charge in [-0.05, 0) is 41.5 Å². The van der Waals surface area contributed by atoms with E-state index in [4.69, 9.17) is 14.0 Å². The maximum Gasteiger partial charge on any atom is 0.498 e. The number of methoxy groups -OCH3 is 1. The van der Waals surface area contributed by atoms with Gasteiger partial charge in [0.05, 0.1) is 24.1 Å². The Morgan fingerprint density at radius 2 is 1.59 bits per heavy atom. The summed E-state index contributed by atoms with van der Waals surface area (Å²) in [7, 11) is 1.29. The Bertz CT molecular complexity index is 327. The van der Waals surface area contributed by atoms with E-state index in [1.165, 1.54) is 0 Å². The van der Waals surface area contributed by atoms with E-state index in [0.29, 0.717) is 0 Å². The smallest absolute Gasteiger partial charge is 0.498 e. The molecule has 0 unspecified atom stereocenters. The van der Waals surface area contributed by atoms with Crippen molar-refractivity contribution in [1.82, 2.24) is 0 Å². The normalized spacial score (nSPS) is 24.1. The van der Waals surface area contributed by atoms with Crippen molar-refractivity contribution < 1.29 is 14.0 Å².